The van der Waals surface area contributed by atoms with Crippen LogP contribution in [0, 0.1) is 11.3 Å². The second-order valence-electron chi connectivity index (χ2n) is 13.1. The number of amides is 4. The van der Waals surface area contributed by atoms with Crippen molar-refractivity contribution in [3.05, 3.63) is 29.8 Å². The molecule has 254 valence electrons. The first kappa shape index (κ1) is 35.5. The molecule has 1 aromatic carbocycles. The summed E-state index contributed by atoms with van der Waals surface area (Å²) >= 11 is 1.33. The van der Waals surface area contributed by atoms with Crippen LogP contribution in [0.4, 0.5) is 0 Å². The summed E-state index contributed by atoms with van der Waals surface area (Å²) in [7, 11) is 0. The van der Waals surface area contributed by atoms with Gasteiger partial charge in [0.25, 0.3) is 0 Å². The number of nitrogens with one attached hydrogen (secondary N) is 4. The number of piperidine rings is 1. The molecule has 3 aliphatic rings. The lowest BCUT2D eigenvalue weighted by Crippen LogP contribution is -2.57. The maximum absolute atomic E-state index is 13.7. The van der Waals surface area contributed by atoms with Crippen molar-refractivity contribution in [2.24, 2.45) is 17.1 Å². The molecule has 1 aliphatic carbocycles. The topological polar surface area (TPSA) is 178 Å². The number of carbonyl (C=O) groups is 5. The van der Waals surface area contributed by atoms with Crippen molar-refractivity contribution >= 4 is 41.4 Å². The van der Waals surface area contributed by atoms with Gasteiger partial charge in [0.2, 0.25) is 30.4 Å². The van der Waals surface area contributed by atoms with Crippen molar-refractivity contribution in [1.82, 2.24) is 21.3 Å². The van der Waals surface area contributed by atoms with Gasteiger partial charge in [0.15, 0.2) is 0 Å². The number of benzene rings is 1. The normalized spacial score (nSPS) is 24.3. The van der Waals surface area contributed by atoms with Crippen LogP contribution in [0.15, 0.2) is 24.3 Å². The predicted molar refractivity (Wildman–Crippen MR) is 174 cm³/mol. The number of primary amides is 1. The van der Waals surface area contributed by atoms with Gasteiger partial charge in [-0.25, -0.2) is 0 Å². The number of rotatable bonds is 18. The lowest BCUT2D eigenvalue weighted by Gasteiger charge is -2.31. The Bertz CT molecular complexity index is 1280. The fourth-order valence-electron chi connectivity index (χ4n) is 5.79. The molecule has 5 unspecified atom stereocenters. The zero-order valence-electron chi connectivity index (χ0n) is 27.4. The Balaban J connectivity index is 1.37. The van der Waals surface area contributed by atoms with Crippen molar-refractivity contribution < 1.29 is 33.4 Å². The van der Waals surface area contributed by atoms with Crippen molar-refractivity contribution in [2.45, 2.75) is 107 Å². The maximum atomic E-state index is 13.7. The summed E-state index contributed by atoms with van der Waals surface area (Å²) < 4.78 is 10.3. The molecule has 4 amide bonds. The molecule has 2 heterocycles. The van der Waals surface area contributed by atoms with Crippen molar-refractivity contribution in [3.8, 4) is 5.75 Å². The molecule has 2 aliphatic heterocycles. The molecule has 5 atom stereocenters. The highest BCUT2D eigenvalue weighted by atomic mass is 32.2. The average molecular weight is 660 g/mol. The van der Waals surface area contributed by atoms with E-state index in [1.54, 1.807) is 24.3 Å². The van der Waals surface area contributed by atoms with Crippen LogP contribution in [0.2, 0.25) is 0 Å². The van der Waals surface area contributed by atoms with Gasteiger partial charge in [-0.15, -0.1) is 11.8 Å². The van der Waals surface area contributed by atoms with Gasteiger partial charge in [-0.1, -0.05) is 52.2 Å². The number of hydrogen-bond donors (Lipinski definition) is 5. The van der Waals surface area contributed by atoms with Gasteiger partial charge in [-0.2, -0.15) is 0 Å². The van der Waals surface area contributed by atoms with E-state index in [1.807, 2.05) is 20.8 Å². The Labute approximate surface area is 275 Å². The van der Waals surface area contributed by atoms with Crippen LogP contribution in [0.3, 0.4) is 0 Å². The van der Waals surface area contributed by atoms with E-state index in [-0.39, 0.29) is 36.9 Å². The van der Waals surface area contributed by atoms with Gasteiger partial charge in [0.05, 0.1) is 5.41 Å². The van der Waals surface area contributed by atoms with E-state index in [2.05, 4.69) is 28.2 Å². The second-order valence-corrected chi connectivity index (χ2v) is 14.7. The molecule has 6 N–H and O–H groups in total. The summed E-state index contributed by atoms with van der Waals surface area (Å²) in [5.41, 5.74) is 5.75. The van der Waals surface area contributed by atoms with E-state index in [9.17, 15) is 24.0 Å². The van der Waals surface area contributed by atoms with Crippen LogP contribution in [-0.2, 0) is 35.1 Å². The highest BCUT2D eigenvalue weighted by Gasteiger charge is 2.90. The van der Waals surface area contributed by atoms with Gasteiger partial charge in [-0.05, 0) is 62.9 Å². The summed E-state index contributed by atoms with van der Waals surface area (Å²) in [5, 5.41) is 11.9. The number of fused-ring (bicyclic) bond motifs is 1. The van der Waals surface area contributed by atoms with E-state index >= 15 is 0 Å². The van der Waals surface area contributed by atoms with Gasteiger partial charge < -0.3 is 36.5 Å². The predicted octanol–water partition coefficient (Wildman–Crippen LogP) is 2.28. The molecule has 46 heavy (non-hydrogen) atoms. The first-order valence-corrected chi connectivity index (χ1v) is 17.2. The number of carbonyl (C=O) groups excluding carboxylic acids is 5. The van der Waals surface area contributed by atoms with Gasteiger partial charge in [0, 0.05) is 19.3 Å². The summed E-state index contributed by atoms with van der Waals surface area (Å²) in [5.74, 6) is -1.51. The molecule has 0 bridgehead atoms. The fraction of sp³-hybridized carbons (Fsp3) is 0.667. The van der Waals surface area contributed by atoms with Gasteiger partial charge in [0.1, 0.15) is 27.5 Å². The number of unbranched alkanes of at least 4 members (excludes halogenated alkanes) is 2. The van der Waals surface area contributed by atoms with Crippen LogP contribution >= 0.6 is 11.8 Å². The Morgan fingerprint density at radius 1 is 1.02 bits per heavy atom. The molecule has 0 radical (unpaired) electrons. The SMILES string of the molecule is CCCCCC(=O)NC(Cc1ccc(OCOC(=O)C2(C)CCNCC2)cc1)C(=O)NC(C(=O)NC12CC1(C(N)=O)S2)C(C)CC. The van der Waals surface area contributed by atoms with E-state index in [4.69, 9.17) is 15.2 Å². The summed E-state index contributed by atoms with van der Waals surface area (Å²) in [6.45, 7) is 9.10. The summed E-state index contributed by atoms with van der Waals surface area (Å²) in [4.78, 5) is 63.5. The Hall–Kier alpha value is -3.32. The molecule has 2 saturated heterocycles. The Morgan fingerprint density at radius 2 is 1.70 bits per heavy atom. The standard InChI is InChI=1S/C33H49N5O7S/c1-5-7-8-9-25(39)36-24(27(40)37-26(21(3)6-2)28(41)38-33-19-32(33,46-33)29(34)42)18-22-10-12-23(13-11-22)44-20-45-30(43)31(4)14-16-35-17-15-31/h10-13,21,24,26,35H,5-9,14-20H2,1-4H3,(H2,34,42)(H,36,39)(H,37,40)(H,38,41). The highest BCUT2D eigenvalue weighted by Crippen LogP contribution is 2.82. The molecular formula is C33H49N5O7S. The minimum Gasteiger partial charge on any atom is -0.457 e. The first-order valence-electron chi connectivity index (χ1n) is 16.4. The molecule has 4 rings (SSSR count). The minimum atomic E-state index is -0.925. The Kier molecular flexibility index (Phi) is 11.6. The number of ether oxygens (including phenoxy) is 2. The summed E-state index contributed by atoms with van der Waals surface area (Å²) in [6, 6.07) is 5.23. The van der Waals surface area contributed by atoms with Crippen molar-refractivity contribution in [1.29, 1.82) is 0 Å². The zero-order valence-corrected chi connectivity index (χ0v) is 28.2. The average Bonchev–Trinajstić information content (AvgIpc) is 3.87. The number of hydrogen-bond acceptors (Lipinski definition) is 9. The van der Waals surface area contributed by atoms with E-state index < -0.39 is 38.9 Å². The van der Waals surface area contributed by atoms with Crippen LogP contribution < -0.4 is 31.7 Å². The lowest BCUT2D eigenvalue weighted by molar-refractivity contribution is -0.163. The number of thioether (sulfide) groups is 1. The van der Waals surface area contributed by atoms with Crippen LogP contribution in [0.25, 0.3) is 0 Å². The van der Waals surface area contributed by atoms with Crippen LogP contribution in [0.1, 0.15) is 84.6 Å². The first-order chi connectivity index (χ1) is 21.9. The van der Waals surface area contributed by atoms with E-state index in [1.165, 1.54) is 11.8 Å². The number of esters is 1. The van der Waals surface area contributed by atoms with Gasteiger partial charge in [-0.3, -0.25) is 24.0 Å². The molecule has 1 saturated carbocycles. The molecular weight excluding hydrogens is 610 g/mol. The van der Waals surface area contributed by atoms with Crippen molar-refractivity contribution in [3.63, 3.8) is 0 Å². The third kappa shape index (κ3) is 8.33. The molecule has 13 heteroatoms. The van der Waals surface area contributed by atoms with Crippen molar-refractivity contribution in [2.75, 3.05) is 19.9 Å². The molecule has 12 nitrogen and oxygen atoms in total. The van der Waals surface area contributed by atoms with E-state index in [0.717, 1.165) is 31.5 Å². The Morgan fingerprint density at radius 3 is 2.28 bits per heavy atom. The highest BCUT2D eigenvalue weighted by molar-refractivity contribution is 8.12. The monoisotopic (exact) mass is 659 g/mol. The van der Waals surface area contributed by atoms with Gasteiger partial charge >= 0.3 is 5.97 Å². The fourth-order valence-corrected chi connectivity index (χ4v) is 7.06. The lowest BCUT2D eigenvalue weighted by atomic mass is 9.81. The van der Waals surface area contributed by atoms with Crippen LogP contribution in [0.5, 0.6) is 5.75 Å². The third-order valence-electron chi connectivity index (χ3n) is 9.49. The second kappa shape index (κ2) is 15.1. The smallest absolute Gasteiger partial charge is 0.314 e. The summed E-state index contributed by atoms with van der Waals surface area (Å²) in [6.07, 6.45) is 5.59. The quantitative estimate of drug-likeness (QED) is 0.0685. The number of nitrogens with two attached hydrogens (primary N) is 1. The van der Waals surface area contributed by atoms with Crippen LogP contribution in [-0.4, -0.2) is 71.2 Å². The molecule has 1 aromatic rings. The maximum Gasteiger partial charge on any atom is 0.314 e. The third-order valence-corrected chi connectivity index (χ3v) is 11.3. The largest absolute Gasteiger partial charge is 0.457 e. The van der Waals surface area contributed by atoms with E-state index in [0.29, 0.717) is 44.3 Å². The molecule has 0 aromatic heterocycles. The zero-order chi connectivity index (χ0) is 33.5. The molecule has 0 spiro atoms. The minimum absolute atomic E-state index is 0.187. The molecule has 3 fully saturated rings.